The maximum absolute atomic E-state index is 12.0. The van der Waals surface area contributed by atoms with Crippen LogP contribution in [0, 0.1) is 5.92 Å². The van der Waals surface area contributed by atoms with Crippen molar-refractivity contribution in [3.63, 3.8) is 0 Å². The standard InChI is InChI=1S/C19H30N6O2/c1-12(2)27-13-4-5-15(20)14(8-13)19(21)16-9-17(23-11-22-16)25-7-6-24(3)18(26)10-25/h4-5,9,11-12,14,16,19H,6-8,10,20-21H2,1-3H3,(H,22,23)/p+1. The van der Waals surface area contributed by atoms with Gasteiger partial charge in [0.25, 0.3) is 0 Å². The van der Waals surface area contributed by atoms with Crippen LogP contribution in [0.15, 0.2) is 40.5 Å². The molecule has 2 heterocycles. The molecule has 3 unspecified atom stereocenters. The molecular formula is C19H31N6O2+. The van der Waals surface area contributed by atoms with Crippen molar-refractivity contribution >= 4 is 12.2 Å². The number of aliphatic imine (C=N–C) groups is 1. The lowest BCUT2D eigenvalue weighted by molar-refractivity contribution is -0.432. The van der Waals surface area contributed by atoms with E-state index in [0.29, 0.717) is 13.1 Å². The van der Waals surface area contributed by atoms with E-state index in [1.165, 1.54) is 0 Å². The minimum atomic E-state index is -0.105. The van der Waals surface area contributed by atoms with Crippen molar-refractivity contribution in [2.75, 3.05) is 26.7 Å². The van der Waals surface area contributed by atoms with Gasteiger partial charge in [0.1, 0.15) is 17.9 Å². The Balaban J connectivity index is 1.70. The van der Waals surface area contributed by atoms with Gasteiger partial charge in [-0.2, -0.15) is 0 Å². The van der Waals surface area contributed by atoms with Crippen LogP contribution in [0.4, 0.5) is 0 Å². The largest absolute Gasteiger partial charge is 0.495 e. The number of hydrogen-bond acceptors (Lipinski definition) is 6. The molecule has 0 aromatic heterocycles. The minimum absolute atomic E-state index is 0.0303. The number of carbonyl (C=O) groups excluding carboxylic acids is 1. The van der Waals surface area contributed by atoms with Gasteiger partial charge < -0.3 is 31.3 Å². The highest BCUT2D eigenvalue weighted by molar-refractivity contribution is 5.79. The quantitative estimate of drug-likeness (QED) is 0.593. The van der Waals surface area contributed by atoms with Crippen LogP contribution in [-0.2, 0) is 9.53 Å². The third kappa shape index (κ3) is 4.44. The van der Waals surface area contributed by atoms with E-state index in [1.54, 1.807) is 11.2 Å². The summed E-state index contributed by atoms with van der Waals surface area (Å²) >= 11 is 0. The molecule has 1 aliphatic carbocycles. The molecule has 6 N–H and O–H groups in total. The van der Waals surface area contributed by atoms with E-state index >= 15 is 0 Å². The number of amides is 1. The number of nitrogens with zero attached hydrogens (tertiary/aromatic N) is 3. The molecular weight excluding hydrogens is 344 g/mol. The number of nitrogens with two attached hydrogens (primary N) is 1. The molecule has 8 nitrogen and oxygen atoms in total. The van der Waals surface area contributed by atoms with Gasteiger partial charge in [0, 0.05) is 32.3 Å². The highest BCUT2D eigenvalue weighted by atomic mass is 16.5. The highest BCUT2D eigenvalue weighted by Gasteiger charge is 2.35. The molecule has 2 aliphatic heterocycles. The summed E-state index contributed by atoms with van der Waals surface area (Å²) in [5.74, 6) is 2.03. The highest BCUT2D eigenvalue weighted by Crippen LogP contribution is 2.28. The summed E-state index contributed by atoms with van der Waals surface area (Å²) in [4.78, 5) is 20.4. The zero-order valence-electron chi connectivity index (χ0n) is 16.4. The fourth-order valence-electron chi connectivity index (χ4n) is 3.58. The SMILES string of the molecule is CC(C)OC1=CC=C(N)C(C([NH3+])C2C=C(N3CCN(C)C(=O)C3)NC=N2)C1. The van der Waals surface area contributed by atoms with Crippen molar-refractivity contribution in [1.82, 2.24) is 15.1 Å². The Morgan fingerprint density at radius 2 is 2.15 bits per heavy atom. The molecule has 0 aromatic carbocycles. The summed E-state index contributed by atoms with van der Waals surface area (Å²) in [6.45, 7) is 5.92. The maximum atomic E-state index is 12.0. The fraction of sp³-hybridized carbons (Fsp3) is 0.579. The van der Waals surface area contributed by atoms with Gasteiger partial charge in [-0.15, -0.1) is 0 Å². The topological polar surface area (TPSA) is 111 Å². The molecule has 0 aromatic rings. The molecule has 148 valence electrons. The predicted octanol–water partition coefficient (Wildman–Crippen LogP) is -0.616. The first kappa shape index (κ1) is 19.3. The molecule has 0 bridgehead atoms. The van der Waals surface area contributed by atoms with Gasteiger partial charge in [0.2, 0.25) is 5.91 Å². The van der Waals surface area contributed by atoms with Crippen LogP contribution in [0.3, 0.4) is 0 Å². The number of piperazine rings is 1. The van der Waals surface area contributed by atoms with Gasteiger partial charge in [0.15, 0.2) is 0 Å². The van der Waals surface area contributed by atoms with Crippen LogP contribution in [0.2, 0.25) is 0 Å². The first-order valence-corrected chi connectivity index (χ1v) is 9.50. The minimum Gasteiger partial charge on any atom is -0.495 e. The summed E-state index contributed by atoms with van der Waals surface area (Å²) in [5.41, 5.74) is 11.4. The van der Waals surface area contributed by atoms with Gasteiger partial charge in [-0.05, 0) is 32.1 Å². The Bertz CT molecular complexity index is 696. The van der Waals surface area contributed by atoms with Crippen molar-refractivity contribution in [3.8, 4) is 0 Å². The van der Waals surface area contributed by atoms with Crippen LogP contribution in [0.5, 0.6) is 0 Å². The summed E-state index contributed by atoms with van der Waals surface area (Å²) in [7, 11) is 1.83. The number of rotatable bonds is 5. The Morgan fingerprint density at radius 3 is 2.85 bits per heavy atom. The molecule has 3 aliphatic rings. The van der Waals surface area contributed by atoms with Gasteiger partial charge in [0.05, 0.1) is 30.7 Å². The summed E-state index contributed by atoms with van der Waals surface area (Å²) in [6, 6.07) is -0.136. The fourth-order valence-corrected chi connectivity index (χ4v) is 3.58. The van der Waals surface area contributed by atoms with Crippen LogP contribution < -0.4 is 16.8 Å². The number of hydrogen-bond donors (Lipinski definition) is 3. The second kappa shape index (κ2) is 8.04. The first-order valence-electron chi connectivity index (χ1n) is 9.50. The molecule has 3 rings (SSSR count). The third-order valence-corrected chi connectivity index (χ3v) is 5.24. The summed E-state index contributed by atoms with van der Waals surface area (Å²) in [5, 5.41) is 3.17. The second-order valence-electron chi connectivity index (χ2n) is 7.64. The maximum Gasteiger partial charge on any atom is 0.241 e. The average molecular weight is 375 g/mol. The molecule has 0 spiro atoms. The van der Waals surface area contributed by atoms with Crippen molar-refractivity contribution in [2.45, 2.75) is 38.5 Å². The molecule has 1 amide bonds. The average Bonchev–Trinajstić information content (AvgIpc) is 2.64. The number of quaternary nitrogens is 1. The Morgan fingerprint density at radius 1 is 1.37 bits per heavy atom. The Labute approximate surface area is 160 Å². The van der Waals surface area contributed by atoms with Gasteiger partial charge in [-0.1, -0.05) is 0 Å². The Hall–Kier alpha value is -2.48. The van der Waals surface area contributed by atoms with E-state index in [9.17, 15) is 4.79 Å². The van der Waals surface area contributed by atoms with E-state index in [4.69, 9.17) is 10.5 Å². The van der Waals surface area contributed by atoms with Crippen LogP contribution in [0.25, 0.3) is 0 Å². The van der Waals surface area contributed by atoms with E-state index in [-0.39, 0.29) is 30.0 Å². The van der Waals surface area contributed by atoms with Gasteiger partial charge in [-0.25, -0.2) is 0 Å². The summed E-state index contributed by atoms with van der Waals surface area (Å²) < 4.78 is 5.86. The van der Waals surface area contributed by atoms with E-state index < -0.39 is 0 Å². The predicted molar refractivity (Wildman–Crippen MR) is 104 cm³/mol. The normalized spacial score (nSPS) is 27.0. The lowest BCUT2D eigenvalue weighted by Crippen LogP contribution is -2.70. The lowest BCUT2D eigenvalue weighted by atomic mass is 9.85. The molecule has 8 heteroatoms. The molecule has 1 fully saturated rings. The van der Waals surface area contributed by atoms with Crippen LogP contribution in [-0.4, -0.2) is 66.9 Å². The summed E-state index contributed by atoms with van der Waals surface area (Å²) in [6.07, 6.45) is 8.48. The smallest absolute Gasteiger partial charge is 0.241 e. The van der Waals surface area contributed by atoms with E-state index in [0.717, 1.165) is 30.2 Å². The molecule has 3 atom stereocenters. The number of carbonyl (C=O) groups is 1. The number of ether oxygens (including phenoxy) is 1. The zero-order chi connectivity index (χ0) is 19.6. The van der Waals surface area contributed by atoms with Crippen molar-refractivity contribution in [3.05, 3.63) is 35.5 Å². The van der Waals surface area contributed by atoms with Crippen molar-refractivity contribution in [2.24, 2.45) is 16.6 Å². The molecule has 0 radical (unpaired) electrons. The van der Waals surface area contributed by atoms with Crippen molar-refractivity contribution in [1.29, 1.82) is 0 Å². The molecule has 27 heavy (non-hydrogen) atoms. The van der Waals surface area contributed by atoms with Crippen LogP contribution in [0.1, 0.15) is 20.3 Å². The second-order valence-corrected chi connectivity index (χ2v) is 7.64. The number of allylic oxidation sites excluding steroid dienone is 3. The van der Waals surface area contributed by atoms with Gasteiger partial charge >= 0.3 is 0 Å². The van der Waals surface area contributed by atoms with E-state index in [1.807, 2.05) is 33.0 Å². The number of likely N-dealkylation sites (N-methyl/N-ethyl adjacent to an activating group) is 1. The first-order chi connectivity index (χ1) is 12.8. The lowest BCUT2D eigenvalue weighted by Gasteiger charge is -2.36. The molecule has 1 saturated heterocycles. The van der Waals surface area contributed by atoms with Crippen molar-refractivity contribution < 1.29 is 15.3 Å². The molecule has 0 saturated carbocycles. The monoisotopic (exact) mass is 375 g/mol. The Kier molecular flexibility index (Phi) is 5.74. The van der Waals surface area contributed by atoms with E-state index in [2.05, 4.69) is 27.0 Å². The number of nitrogens with one attached hydrogen (secondary N) is 1. The van der Waals surface area contributed by atoms with Crippen LogP contribution >= 0.6 is 0 Å². The van der Waals surface area contributed by atoms with Gasteiger partial charge in [-0.3, -0.25) is 9.79 Å². The zero-order valence-corrected chi connectivity index (χ0v) is 16.4. The third-order valence-electron chi connectivity index (χ3n) is 5.24.